The summed E-state index contributed by atoms with van der Waals surface area (Å²) in [5, 5.41) is 7.16. The first kappa shape index (κ1) is 20.0. The molecule has 0 unspecified atom stereocenters. The maximum Gasteiger partial charge on any atom is 0.257 e. The number of rotatable bonds is 4. The summed E-state index contributed by atoms with van der Waals surface area (Å²) in [5.74, 6) is -0.00302. The van der Waals surface area contributed by atoms with Crippen LogP contribution in [0.4, 0.5) is 17.2 Å². The Kier molecular flexibility index (Phi) is 5.39. The minimum atomic E-state index is -0.274. The molecule has 5 rings (SSSR count). The Bertz CT molecular complexity index is 1270. The van der Waals surface area contributed by atoms with Crippen LogP contribution in [0.15, 0.2) is 73.1 Å². The Morgan fingerprint density at radius 2 is 1.75 bits per heavy atom. The topological polar surface area (TPSA) is 96.2 Å². The van der Waals surface area contributed by atoms with E-state index in [-0.39, 0.29) is 11.7 Å². The number of fused-ring (bicyclic) bond motifs is 1. The average molecular weight is 425 g/mol. The summed E-state index contributed by atoms with van der Waals surface area (Å²) in [7, 11) is 0. The Morgan fingerprint density at radius 1 is 0.938 bits per heavy atom. The highest BCUT2D eigenvalue weighted by Crippen LogP contribution is 2.26. The van der Waals surface area contributed by atoms with Crippen molar-refractivity contribution in [2.75, 3.05) is 42.1 Å². The van der Waals surface area contributed by atoms with Gasteiger partial charge in [-0.1, -0.05) is 36.4 Å². The number of nitrogens with zero attached hydrogens (tertiary/aromatic N) is 3. The van der Waals surface area contributed by atoms with E-state index in [1.54, 1.807) is 12.4 Å². The van der Waals surface area contributed by atoms with Gasteiger partial charge in [0.1, 0.15) is 5.82 Å². The third-order valence-electron chi connectivity index (χ3n) is 5.69. The standard InChI is InChI=1S/C25H24N6O/c26-24-23(13-19(15-29-24)17-4-2-1-3-5-17)30-25(32)20-12-18-6-7-21(14-22(18)28-16-20)31-10-8-27-9-11-31/h1-7,12-16,27H,8-11H2,(H2,26,29)(H,30,32). The number of hydrogen-bond acceptors (Lipinski definition) is 6. The molecule has 1 saturated heterocycles. The number of nitrogens with one attached hydrogen (secondary N) is 2. The highest BCUT2D eigenvalue weighted by atomic mass is 16.1. The SMILES string of the molecule is Nc1ncc(-c2ccccc2)cc1NC(=O)c1cnc2cc(N3CCNCC3)ccc2c1. The fourth-order valence-electron chi connectivity index (χ4n) is 3.91. The van der Waals surface area contributed by atoms with E-state index in [0.29, 0.717) is 11.3 Å². The number of pyridine rings is 2. The molecule has 1 aliphatic rings. The monoisotopic (exact) mass is 424 g/mol. The molecule has 0 atom stereocenters. The lowest BCUT2D eigenvalue weighted by molar-refractivity contribution is 0.102. The van der Waals surface area contributed by atoms with Gasteiger partial charge in [-0.25, -0.2) is 4.98 Å². The van der Waals surface area contributed by atoms with Crippen molar-refractivity contribution in [1.29, 1.82) is 0 Å². The highest BCUT2D eigenvalue weighted by Gasteiger charge is 2.14. The molecule has 4 N–H and O–H groups in total. The summed E-state index contributed by atoms with van der Waals surface area (Å²) in [6.07, 6.45) is 3.30. The van der Waals surface area contributed by atoms with Crippen molar-refractivity contribution in [3.63, 3.8) is 0 Å². The Morgan fingerprint density at radius 3 is 2.56 bits per heavy atom. The van der Waals surface area contributed by atoms with Crippen molar-refractivity contribution >= 4 is 34.0 Å². The number of hydrogen-bond donors (Lipinski definition) is 3. The van der Waals surface area contributed by atoms with Crippen molar-refractivity contribution in [1.82, 2.24) is 15.3 Å². The number of piperazine rings is 1. The molecule has 0 bridgehead atoms. The van der Waals surface area contributed by atoms with Crippen LogP contribution in [0.25, 0.3) is 22.0 Å². The van der Waals surface area contributed by atoms with E-state index in [1.807, 2.05) is 48.5 Å². The van der Waals surface area contributed by atoms with E-state index in [1.165, 1.54) is 0 Å². The number of carbonyl (C=O) groups excluding carboxylic acids is 1. The zero-order chi connectivity index (χ0) is 21.9. The van der Waals surface area contributed by atoms with Crippen LogP contribution in [-0.4, -0.2) is 42.1 Å². The molecule has 0 radical (unpaired) electrons. The Balaban J connectivity index is 1.38. The molecular weight excluding hydrogens is 400 g/mol. The van der Waals surface area contributed by atoms with Gasteiger partial charge in [-0.2, -0.15) is 0 Å². The van der Waals surface area contributed by atoms with Gasteiger partial charge in [0.05, 0.1) is 16.8 Å². The van der Waals surface area contributed by atoms with Crippen molar-refractivity contribution in [3.05, 3.63) is 78.6 Å². The fourth-order valence-corrected chi connectivity index (χ4v) is 3.91. The number of amides is 1. The Labute approximate surface area is 186 Å². The fraction of sp³-hybridized carbons (Fsp3) is 0.160. The molecule has 2 aromatic heterocycles. The molecule has 1 aliphatic heterocycles. The second-order valence-electron chi connectivity index (χ2n) is 7.81. The van der Waals surface area contributed by atoms with Gasteiger partial charge in [0, 0.05) is 55.2 Å². The number of carbonyl (C=O) groups is 1. The lowest BCUT2D eigenvalue weighted by atomic mass is 10.1. The van der Waals surface area contributed by atoms with Gasteiger partial charge in [-0.15, -0.1) is 0 Å². The predicted octanol–water partition coefficient (Wildman–Crippen LogP) is 3.54. The normalized spacial score (nSPS) is 13.8. The molecule has 2 aromatic carbocycles. The highest BCUT2D eigenvalue weighted by molar-refractivity contribution is 6.07. The summed E-state index contributed by atoms with van der Waals surface area (Å²) in [5.41, 5.74) is 10.9. The summed E-state index contributed by atoms with van der Waals surface area (Å²) in [6.45, 7) is 3.91. The summed E-state index contributed by atoms with van der Waals surface area (Å²) in [4.78, 5) is 24.0. The van der Waals surface area contributed by atoms with Gasteiger partial charge in [-0.3, -0.25) is 9.78 Å². The largest absolute Gasteiger partial charge is 0.382 e. The molecule has 1 amide bonds. The minimum absolute atomic E-state index is 0.271. The van der Waals surface area contributed by atoms with Crippen LogP contribution in [0.2, 0.25) is 0 Å². The second kappa shape index (κ2) is 8.64. The molecule has 7 nitrogen and oxygen atoms in total. The summed E-state index contributed by atoms with van der Waals surface area (Å²) >= 11 is 0. The van der Waals surface area contributed by atoms with E-state index in [0.717, 1.165) is 53.9 Å². The van der Waals surface area contributed by atoms with E-state index in [9.17, 15) is 4.79 Å². The van der Waals surface area contributed by atoms with Crippen LogP contribution >= 0.6 is 0 Å². The van der Waals surface area contributed by atoms with Gasteiger partial charge in [0.15, 0.2) is 0 Å². The first-order valence-corrected chi connectivity index (χ1v) is 10.7. The van der Waals surface area contributed by atoms with Crippen molar-refractivity contribution < 1.29 is 4.79 Å². The van der Waals surface area contributed by atoms with Crippen LogP contribution in [-0.2, 0) is 0 Å². The van der Waals surface area contributed by atoms with Crippen LogP contribution in [0, 0.1) is 0 Å². The maximum atomic E-state index is 12.9. The molecule has 32 heavy (non-hydrogen) atoms. The first-order chi connectivity index (χ1) is 15.7. The summed E-state index contributed by atoms with van der Waals surface area (Å²) < 4.78 is 0. The molecule has 0 spiro atoms. The molecule has 3 heterocycles. The summed E-state index contributed by atoms with van der Waals surface area (Å²) in [6, 6.07) is 19.7. The van der Waals surface area contributed by atoms with Crippen molar-refractivity contribution in [2.45, 2.75) is 0 Å². The number of nitrogen functional groups attached to an aromatic ring is 1. The molecule has 4 aromatic rings. The van der Waals surface area contributed by atoms with Gasteiger partial charge in [0.2, 0.25) is 0 Å². The third kappa shape index (κ3) is 4.10. The van der Waals surface area contributed by atoms with E-state index in [4.69, 9.17) is 5.73 Å². The van der Waals surface area contributed by atoms with Gasteiger partial charge >= 0.3 is 0 Å². The van der Waals surface area contributed by atoms with Crippen LogP contribution in [0.5, 0.6) is 0 Å². The number of benzene rings is 2. The number of aromatic nitrogens is 2. The number of anilines is 3. The molecule has 0 aliphatic carbocycles. The van der Waals surface area contributed by atoms with Gasteiger partial charge < -0.3 is 21.3 Å². The molecular formula is C25H24N6O. The maximum absolute atomic E-state index is 12.9. The zero-order valence-corrected chi connectivity index (χ0v) is 17.6. The first-order valence-electron chi connectivity index (χ1n) is 10.7. The van der Waals surface area contributed by atoms with E-state index < -0.39 is 0 Å². The van der Waals surface area contributed by atoms with E-state index >= 15 is 0 Å². The minimum Gasteiger partial charge on any atom is -0.382 e. The van der Waals surface area contributed by atoms with Crippen LogP contribution < -0.4 is 21.3 Å². The average Bonchev–Trinajstić information content (AvgIpc) is 2.85. The lowest BCUT2D eigenvalue weighted by Crippen LogP contribution is -2.43. The van der Waals surface area contributed by atoms with Crippen molar-refractivity contribution in [3.8, 4) is 11.1 Å². The van der Waals surface area contributed by atoms with Crippen molar-refractivity contribution in [2.24, 2.45) is 0 Å². The molecule has 7 heteroatoms. The Hall–Kier alpha value is -3.97. The smallest absolute Gasteiger partial charge is 0.257 e. The number of nitrogens with two attached hydrogens (primary N) is 1. The van der Waals surface area contributed by atoms with Crippen LogP contribution in [0.3, 0.4) is 0 Å². The van der Waals surface area contributed by atoms with Gasteiger partial charge in [0.25, 0.3) is 5.91 Å². The second-order valence-corrected chi connectivity index (χ2v) is 7.81. The predicted molar refractivity (Wildman–Crippen MR) is 129 cm³/mol. The molecule has 160 valence electrons. The molecule has 1 fully saturated rings. The lowest BCUT2D eigenvalue weighted by Gasteiger charge is -2.29. The molecule has 0 saturated carbocycles. The zero-order valence-electron chi connectivity index (χ0n) is 17.6. The van der Waals surface area contributed by atoms with Gasteiger partial charge in [-0.05, 0) is 29.8 Å². The quantitative estimate of drug-likeness (QED) is 0.464. The van der Waals surface area contributed by atoms with E-state index in [2.05, 4.69) is 37.6 Å². The third-order valence-corrected chi connectivity index (χ3v) is 5.69. The van der Waals surface area contributed by atoms with Crippen LogP contribution in [0.1, 0.15) is 10.4 Å².